The number of aryl methyl sites for hydroxylation is 1. The van der Waals surface area contributed by atoms with Crippen LogP contribution in [0.2, 0.25) is 0 Å². The lowest BCUT2D eigenvalue weighted by Crippen LogP contribution is -2.39. The van der Waals surface area contributed by atoms with Crippen molar-refractivity contribution in [2.75, 3.05) is 6.54 Å². The van der Waals surface area contributed by atoms with Gasteiger partial charge in [-0.2, -0.15) is 5.26 Å². The van der Waals surface area contributed by atoms with Gasteiger partial charge in [-0.1, -0.05) is 30.7 Å². The zero-order valence-electron chi connectivity index (χ0n) is 11.1. The molecule has 0 unspecified atom stereocenters. The summed E-state index contributed by atoms with van der Waals surface area (Å²) in [5.74, 6) is -0.0631. The first kappa shape index (κ1) is 13.9. The minimum atomic E-state index is -0.0631. The number of amides is 1. The monoisotopic (exact) mass is 278 g/mol. The van der Waals surface area contributed by atoms with Crippen molar-refractivity contribution in [3.05, 3.63) is 10.6 Å². The van der Waals surface area contributed by atoms with Gasteiger partial charge in [0.25, 0.3) is 5.91 Å². The Morgan fingerprint density at radius 1 is 1.53 bits per heavy atom. The fraction of sp³-hybridized carbons (Fsp3) is 0.692. The summed E-state index contributed by atoms with van der Waals surface area (Å²) in [5, 5.41) is 13.0. The van der Waals surface area contributed by atoms with Gasteiger partial charge >= 0.3 is 0 Å². The maximum atomic E-state index is 12.6. The smallest absolute Gasteiger partial charge is 0.268 e. The normalized spacial score (nSPS) is 15.4. The van der Waals surface area contributed by atoms with Crippen molar-refractivity contribution in [2.45, 2.75) is 51.5 Å². The molecule has 1 fully saturated rings. The maximum Gasteiger partial charge on any atom is 0.268 e. The van der Waals surface area contributed by atoms with Gasteiger partial charge < -0.3 is 4.90 Å². The highest BCUT2D eigenvalue weighted by molar-refractivity contribution is 7.08. The van der Waals surface area contributed by atoms with E-state index in [0.29, 0.717) is 4.88 Å². The molecule has 0 atom stereocenters. The molecule has 2 rings (SSSR count). The van der Waals surface area contributed by atoms with Gasteiger partial charge in [-0.15, -0.1) is 5.10 Å². The van der Waals surface area contributed by atoms with Gasteiger partial charge in [-0.25, -0.2) is 0 Å². The van der Waals surface area contributed by atoms with Gasteiger partial charge in [0.05, 0.1) is 11.8 Å². The lowest BCUT2D eigenvalue weighted by atomic mass is 10.1. The second kappa shape index (κ2) is 6.62. The molecule has 0 N–H and O–H groups in total. The minimum absolute atomic E-state index is 0.0631. The van der Waals surface area contributed by atoms with Crippen LogP contribution in [-0.2, 0) is 6.42 Å². The summed E-state index contributed by atoms with van der Waals surface area (Å²) >= 11 is 1.15. The first-order chi connectivity index (χ1) is 9.27. The molecular weight excluding hydrogens is 260 g/mol. The van der Waals surface area contributed by atoms with Gasteiger partial charge in [-0.3, -0.25) is 4.79 Å². The highest BCUT2D eigenvalue weighted by atomic mass is 32.1. The second-order valence-corrected chi connectivity index (χ2v) is 5.58. The zero-order valence-corrected chi connectivity index (χ0v) is 11.9. The van der Waals surface area contributed by atoms with E-state index < -0.39 is 0 Å². The molecule has 0 aromatic carbocycles. The Morgan fingerprint density at radius 2 is 2.26 bits per heavy atom. The van der Waals surface area contributed by atoms with E-state index in [1.165, 1.54) is 0 Å². The highest BCUT2D eigenvalue weighted by Crippen LogP contribution is 2.26. The van der Waals surface area contributed by atoms with Crippen LogP contribution >= 0.6 is 11.5 Å². The summed E-state index contributed by atoms with van der Waals surface area (Å²) in [6.07, 6.45) is 5.99. The van der Waals surface area contributed by atoms with Gasteiger partial charge in [0.1, 0.15) is 11.4 Å². The SMILES string of the molecule is CCCc1nnsc1C(=O)N(CC#N)C1CCCC1. The van der Waals surface area contributed by atoms with Crippen molar-refractivity contribution >= 4 is 17.4 Å². The number of carbonyl (C=O) groups is 1. The van der Waals surface area contributed by atoms with Gasteiger partial charge in [0, 0.05) is 6.04 Å². The highest BCUT2D eigenvalue weighted by Gasteiger charge is 2.29. The first-order valence-corrected chi connectivity index (χ1v) is 7.54. The molecule has 0 spiro atoms. The molecule has 1 heterocycles. The van der Waals surface area contributed by atoms with Crippen molar-refractivity contribution < 1.29 is 4.79 Å². The Hall–Kier alpha value is -1.48. The molecule has 1 aliphatic carbocycles. The Kier molecular flexibility index (Phi) is 4.86. The number of nitrogens with zero attached hydrogens (tertiary/aromatic N) is 4. The van der Waals surface area contributed by atoms with Crippen LogP contribution in [0.1, 0.15) is 54.4 Å². The Bertz CT molecular complexity index is 473. The fourth-order valence-electron chi connectivity index (χ4n) is 2.56. The Morgan fingerprint density at radius 3 is 2.89 bits per heavy atom. The van der Waals surface area contributed by atoms with Crippen molar-refractivity contribution in [1.29, 1.82) is 5.26 Å². The van der Waals surface area contributed by atoms with Crippen LogP contribution in [0.4, 0.5) is 0 Å². The van der Waals surface area contributed by atoms with E-state index in [1.54, 1.807) is 4.90 Å². The first-order valence-electron chi connectivity index (χ1n) is 6.77. The quantitative estimate of drug-likeness (QED) is 0.775. The number of nitriles is 1. The molecule has 0 radical (unpaired) electrons. The van der Waals surface area contributed by atoms with E-state index in [9.17, 15) is 4.79 Å². The minimum Gasteiger partial charge on any atom is -0.322 e. The number of carbonyl (C=O) groups excluding carboxylic acids is 1. The van der Waals surface area contributed by atoms with E-state index in [2.05, 4.69) is 22.6 Å². The molecule has 1 aromatic rings. The maximum absolute atomic E-state index is 12.6. The lowest BCUT2D eigenvalue weighted by Gasteiger charge is -2.25. The average molecular weight is 278 g/mol. The number of rotatable bonds is 5. The third-order valence-electron chi connectivity index (χ3n) is 3.50. The van der Waals surface area contributed by atoms with E-state index in [-0.39, 0.29) is 18.5 Å². The molecule has 6 heteroatoms. The van der Waals surface area contributed by atoms with E-state index in [4.69, 9.17) is 5.26 Å². The van der Waals surface area contributed by atoms with Crippen molar-refractivity contribution in [3.63, 3.8) is 0 Å². The van der Waals surface area contributed by atoms with E-state index >= 15 is 0 Å². The van der Waals surface area contributed by atoms with Crippen molar-refractivity contribution in [3.8, 4) is 6.07 Å². The summed E-state index contributed by atoms with van der Waals surface area (Å²) in [7, 11) is 0. The van der Waals surface area contributed by atoms with Crippen LogP contribution in [0.3, 0.4) is 0 Å². The summed E-state index contributed by atoms with van der Waals surface area (Å²) < 4.78 is 3.89. The van der Waals surface area contributed by atoms with Crippen LogP contribution < -0.4 is 0 Å². The molecule has 0 bridgehead atoms. The van der Waals surface area contributed by atoms with Crippen LogP contribution in [0, 0.1) is 11.3 Å². The van der Waals surface area contributed by atoms with Gasteiger partial charge in [0.2, 0.25) is 0 Å². The zero-order chi connectivity index (χ0) is 13.7. The number of hydrogen-bond acceptors (Lipinski definition) is 5. The van der Waals surface area contributed by atoms with Crippen LogP contribution in [0.15, 0.2) is 0 Å². The fourth-order valence-corrected chi connectivity index (χ4v) is 3.23. The second-order valence-electron chi connectivity index (χ2n) is 4.83. The average Bonchev–Trinajstić information content (AvgIpc) is 3.06. The molecular formula is C13H18N4OS. The third-order valence-corrected chi connectivity index (χ3v) is 4.26. The molecule has 0 saturated heterocycles. The molecule has 0 aliphatic heterocycles. The molecule has 102 valence electrons. The molecule has 19 heavy (non-hydrogen) atoms. The van der Waals surface area contributed by atoms with Crippen LogP contribution in [-0.4, -0.2) is 33.0 Å². The molecule has 1 aliphatic rings. The molecule has 1 amide bonds. The van der Waals surface area contributed by atoms with Gasteiger partial charge in [0.15, 0.2) is 0 Å². The summed E-state index contributed by atoms with van der Waals surface area (Å²) in [4.78, 5) is 14.9. The summed E-state index contributed by atoms with van der Waals surface area (Å²) in [6, 6.07) is 2.32. The number of aromatic nitrogens is 2. The topological polar surface area (TPSA) is 69.9 Å². The Labute approximate surface area is 117 Å². The standard InChI is InChI=1S/C13H18N4OS/c1-2-5-11-12(19-16-15-11)13(18)17(9-8-14)10-6-3-4-7-10/h10H,2-7,9H2,1H3. The largest absolute Gasteiger partial charge is 0.322 e. The van der Waals surface area contributed by atoms with Crippen LogP contribution in [0.5, 0.6) is 0 Å². The molecule has 5 nitrogen and oxygen atoms in total. The van der Waals surface area contributed by atoms with E-state index in [1.807, 2.05) is 0 Å². The molecule has 1 aromatic heterocycles. The lowest BCUT2D eigenvalue weighted by molar-refractivity contribution is 0.0713. The predicted octanol–water partition coefficient (Wildman–Crippen LogP) is 2.40. The number of hydrogen-bond donors (Lipinski definition) is 0. The van der Waals surface area contributed by atoms with Crippen LogP contribution in [0.25, 0.3) is 0 Å². The third kappa shape index (κ3) is 3.10. The van der Waals surface area contributed by atoms with Crippen molar-refractivity contribution in [1.82, 2.24) is 14.5 Å². The predicted molar refractivity (Wildman–Crippen MR) is 72.8 cm³/mol. The van der Waals surface area contributed by atoms with Crippen molar-refractivity contribution in [2.24, 2.45) is 0 Å². The van der Waals surface area contributed by atoms with Gasteiger partial charge in [-0.05, 0) is 30.8 Å². The summed E-state index contributed by atoms with van der Waals surface area (Å²) in [5.41, 5.74) is 0.776. The Balaban J connectivity index is 2.18. The van der Waals surface area contributed by atoms with E-state index in [0.717, 1.165) is 55.8 Å². The molecule has 1 saturated carbocycles. The summed E-state index contributed by atoms with van der Waals surface area (Å²) in [6.45, 7) is 2.21.